The van der Waals surface area contributed by atoms with Gasteiger partial charge in [-0.3, -0.25) is 4.79 Å². The quantitative estimate of drug-likeness (QED) is 0.650. The number of nitrogens with zero attached hydrogens (tertiary/aromatic N) is 5. The SMILES string of the molecule is O=C(Nc1cnn(COCC(F)(F)F)c1)C12CC3CC(C1)CC(n1cnc(Br)n1)(C3)C2. The van der Waals surface area contributed by atoms with Crippen LogP contribution in [0, 0.1) is 17.3 Å². The van der Waals surface area contributed by atoms with Gasteiger partial charge in [0.05, 0.1) is 29.0 Å². The van der Waals surface area contributed by atoms with Gasteiger partial charge in [-0.05, 0) is 66.3 Å². The highest BCUT2D eigenvalue weighted by Gasteiger charge is 2.61. The van der Waals surface area contributed by atoms with Crippen LogP contribution in [0.2, 0.25) is 0 Å². The third-order valence-corrected chi connectivity index (χ3v) is 7.21. The number of rotatable bonds is 6. The Balaban J connectivity index is 1.30. The highest BCUT2D eigenvalue weighted by Crippen LogP contribution is 2.64. The summed E-state index contributed by atoms with van der Waals surface area (Å²) in [6.07, 6.45) is 5.81. The molecule has 4 aliphatic rings. The topological polar surface area (TPSA) is 86.9 Å². The van der Waals surface area contributed by atoms with Crippen molar-refractivity contribution in [2.45, 2.75) is 57.0 Å². The van der Waals surface area contributed by atoms with Gasteiger partial charge in [0.1, 0.15) is 19.7 Å². The van der Waals surface area contributed by atoms with Crippen LogP contribution in [-0.4, -0.2) is 43.2 Å². The van der Waals surface area contributed by atoms with Crippen LogP contribution >= 0.6 is 15.9 Å². The van der Waals surface area contributed by atoms with Gasteiger partial charge >= 0.3 is 6.18 Å². The molecule has 0 spiro atoms. The van der Waals surface area contributed by atoms with Crippen molar-refractivity contribution in [2.24, 2.45) is 17.3 Å². The van der Waals surface area contributed by atoms with Crippen molar-refractivity contribution in [1.29, 1.82) is 0 Å². The van der Waals surface area contributed by atoms with Crippen LogP contribution < -0.4 is 5.32 Å². The van der Waals surface area contributed by atoms with Gasteiger partial charge in [-0.1, -0.05) is 0 Å². The molecule has 2 heterocycles. The fraction of sp³-hybridized carbons (Fsp3) is 0.684. The van der Waals surface area contributed by atoms with E-state index in [0.29, 0.717) is 28.7 Å². The molecule has 0 aromatic carbocycles. The number of hydrogen-bond donors (Lipinski definition) is 1. The standard InChI is InChI=1S/C19H22BrF3N6O2/c20-16-24-10-29(27-16)18-4-12-1-13(5-18)3-17(2-12,8-18)15(30)26-14-6-25-28(7-14)11-31-9-19(21,22)23/h6-7,10,12-13H,1-5,8-9,11H2,(H,26,30). The molecule has 4 aliphatic carbocycles. The molecule has 12 heteroatoms. The molecule has 1 N–H and O–H groups in total. The van der Waals surface area contributed by atoms with Crippen LogP contribution in [0.4, 0.5) is 18.9 Å². The second kappa shape index (κ2) is 7.29. The first-order chi connectivity index (χ1) is 14.6. The van der Waals surface area contributed by atoms with Gasteiger partial charge in [-0.15, -0.1) is 5.10 Å². The van der Waals surface area contributed by atoms with Crippen molar-refractivity contribution in [3.63, 3.8) is 0 Å². The fourth-order valence-electron chi connectivity index (χ4n) is 6.24. The summed E-state index contributed by atoms with van der Waals surface area (Å²) in [5, 5.41) is 11.4. The average Bonchev–Trinajstić information content (AvgIpc) is 3.29. The zero-order valence-electron chi connectivity index (χ0n) is 16.6. The molecular formula is C19H22BrF3N6O2. The van der Waals surface area contributed by atoms with E-state index < -0.39 is 18.2 Å². The minimum Gasteiger partial charge on any atom is -0.350 e. The van der Waals surface area contributed by atoms with Gasteiger partial charge < -0.3 is 10.1 Å². The second-order valence-corrected chi connectivity index (χ2v) is 9.95. The van der Waals surface area contributed by atoms with Crippen LogP contribution in [0.1, 0.15) is 38.5 Å². The Morgan fingerprint density at radius 2 is 2.03 bits per heavy atom. The molecule has 4 saturated carbocycles. The minimum atomic E-state index is -4.39. The summed E-state index contributed by atoms with van der Waals surface area (Å²) in [5.74, 6) is 0.878. The van der Waals surface area contributed by atoms with Gasteiger partial charge in [-0.25, -0.2) is 14.3 Å². The molecule has 1 amide bonds. The number of ether oxygens (including phenoxy) is 1. The van der Waals surface area contributed by atoms with E-state index in [1.807, 2.05) is 4.68 Å². The molecule has 2 unspecified atom stereocenters. The van der Waals surface area contributed by atoms with Crippen molar-refractivity contribution < 1.29 is 22.7 Å². The van der Waals surface area contributed by atoms with E-state index in [4.69, 9.17) is 0 Å². The third kappa shape index (κ3) is 3.99. The molecule has 6 rings (SSSR count). The molecule has 0 saturated heterocycles. The normalized spacial score (nSPS) is 31.9. The highest BCUT2D eigenvalue weighted by molar-refractivity contribution is 9.10. The molecule has 0 aliphatic heterocycles. The van der Waals surface area contributed by atoms with Gasteiger partial charge in [0.15, 0.2) is 0 Å². The van der Waals surface area contributed by atoms with E-state index in [1.54, 1.807) is 6.33 Å². The van der Waals surface area contributed by atoms with E-state index >= 15 is 0 Å². The van der Waals surface area contributed by atoms with Crippen LogP contribution in [-0.2, 0) is 21.8 Å². The monoisotopic (exact) mass is 502 g/mol. The number of halogens is 4. The summed E-state index contributed by atoms with van der Waals surface area (Å²) < 4.78 is 45.0. The molecule has 4 fully saturated rings. The summed E-state index contributed by atoms with van der Waals surface area (Å²) in [6.45, 7) is -1.68. The molecule has 168 valence electrons. The smallest absolute Gasteiger partial charge is 0.350 e. The minimum absolute atomic E-state index is 0.0547. The summed E-state index contributed by atoms with van der Waals surface area (Å²) in [6, 6.07) is 0. The summed E-state index contributed by atoms with van der Waals surface area (Å²) in [5.41, 5.74) is -0.234. The van der Waals surface area contributed by atoms with E-state index in [-0.39, 0.29) is 18.2 Å². The lowest BCUT2D eigenvalue weighted by atomic mass is 9.46. The Morgan fingerprint density at radius 3 is 2.68 bits per heavy atom. The van der Waals surface area contributed by atoms with Gasteiger partial charge in [0, 0.05) is 0 Å². The summed E-state index contributed by atoms with van der Waals surface area (Å²) in [4.78, 5) is 17.6. The molecule has 8 nitrogen and oxygen atoms in total. The zero-order valence-corrected chi connectivity index (χ0v) is 18.2. The third-order valence-electron chi connectivity index (χ3n) is 6.84. The molecule has 4 bridgehead atoms. The summed E-state index contributed by atoms with van der Waals surface area (Å²) in [7, 11) is 0. The van der Waals surface area contributed by atoms with Crippen LogP contribution in [0.15, 0.2) is 23.5 Å². The Hall–Kier alpha value is -1.95. The van der Waals surface area contributed by atoms with Crippen molar-refractivity contribution in [3.05, 3.63) is 23.5 Å². The number of carbonyl (C=O) groups is 1. The molecule has 0 radical (unpaired) electrons. The van der Waals surface area contributed by atoms with E-state index in [9.17, 15) is 18.0 Å². The van der Waals surface area contributed by atoms with Gasteiger partial charge in [-0.2, -0.15) is 18.3 Å². The molecular weight excluding hydrogens is 481 g/mol. The highest BCUT2D eigenvalue weighted by atomic mass is 79.9. The number of nitrogens with one attached hydrogen (secondary N) is 1. The van der Waals surface area contributed by atoms with E-state index in [1.165, 1.54) is 17.1 Å². The van der Waals surface area contributed by atoms with E-state index in [2.05, 4.69) is 41.2 Å². The number of carbonyl (C=O) groups excluding carboxylic acids is 1. The first-order valence-electron chi connectivity index (χ1n) is 10.2. The Bertz CT molecular complexity index is 975. The van der Waals surface area contributed by atoms with Crippen LogP contribution in [0.25, 0.3) is 0 Å². The van der Waals surface area contributed by atoms with Crippen molar-refractivity contribution >= 4 is 27.5 Å². The molecule has 31 heavy (non-hydrogen) atoms. The zero-order chi connectivity index (χ0) is 21.9. The van der Waals surface area contributed by atoms with Gasteiger partial charge in [0.25, 0.3) is 0 Å². The average molecular weight is 503 g/mol. The molecule has 2 aromatic rings. The number of anilines is 1. The lowest BCUT2D eigenvalue weighted by Crippen LogP contribution is -2.60. The first-order valence-corrected chi connectivity index (χ1v) is 11.0. The Kier molecular flexibility index (Phi) is 4.92. The van der Waals surface area contributed by atoms with Crippen molar-refractivity contribution in [3.8, 4) is 0 Å². The first kappa shape index (κ1) is 20.9. The van der Waals surface area contributed by atoms with Crippen LogP contribution in [0.3, 0.4) is 0 Å². The predicted octanol–water partition coefficient (Wildman–Crippen LogP) is 3.71. The number of hydrogen-bond acceptors (Lipinski definition) is 5. The maximum absolute atomic E-state index is 13.4. The lowest BCUT2D eigenvalue weighted by molar-refractivity contribution is -0.182. The van der Waals surface area contributed by atoms with Crippen molar-refractivity contribution in [1.82, 2.24) is 24.5 Å². The van der Waals surface area contributed by atoms with Crippen molar-refractivity contribution in [2.75, 3.05) is 11.9 Å². The fourth-order valence-corrected chi connectivity index (χ4v) is 6.50. The van der Waals surface area contributed by atoms with Crippen LogP contribution in [0.5, 0.6) is 0 Å². The van der Waals surface area contributed by atoms with E-state index in [0.717, 1.165) is 32.1 Å². The number of amides is 1. The number of aromatic nitrogens is 5. The lowest BCUT2D eigenvalue weighted by Gasteiger charge is -2.60. The maximum atomic E-state index is 13.4. The van der Waals surface area contributed by atoms with Gasteiger partial charge in [0.2, 0.25) is 10.6 Å². The maximum Gasteiger partial charge on any atom is 0.411 e. The predicted molar refractivity (Wildman–Crippen MR) is 106 cm³/mol. The second-order valence-electron chi connectivity index (χ2n) is 9.24. The number of alkyl halides is 3. The summed E-state index contributed by atoms with van der Waals surface area (Å²) >= 11 is 3.32. The molecule has 2 atom stereocenters. The Labute approximate surface area is 184 Å². The largest absolute Gasteiger partial charge is 0.411 e. The Morgan fingerprint density at radius 1 is 1.29 bits per heavy atom. The molecule has 2 aromatic heterocycles.